The van der Waals surface area contributed by atoms with Crippen molar-refractivity contribution in [1.29, 1.82) is 0 Å². The molecule has 2 aromatic heterocycles. The first-order chi connectivity index (χ1) is 8.29. The zero-order chi connectivity index (χ0) is 13.5. The van der Waals surface area contributed by atoms with Gasteiger partial charge in [0.05, 0.1) is 17.0 Å². The van der Waals surface area contributed by atoms with E-state index in [-0.39, 0.29) is 11.5 Å². The fourth-order valence-corrected chi connectivity index (χ4v) is 2.75. The second kappa shape index (κ2) is 4.48. The monoisotopic (exact) mass is 264 g/mol. The van der Waals surface area contributed by atoms with Crippen molar-refractivity contribution < 1.29 is 0 Å². The molecule has 0 bridgehead atoms. The van der Waals surface area contributed by atoms with E-state index in [2.05, 4.69) is 30.9 Å². The van der Waals surface area contributed by atoms with E-state index in [1.54, 1.807) is 11.3 Å². The molecule has 18 heavy (non-hydrogen) atoms. The standard InChI is InChI=1S/C13H20N4S/c1-8(14)10-7-18-12(15-10)9-6-17(5)16-11(9)13(2,3)4/h6-8H,14H2,1-5H3. The number of thiazole rings is 1. The Hall–Kier alpha value is -1.20. The molecule has 0 aliphatic rings. The highest BCUT2D eigenvalue weighted by Gasteiger charge is 2.24. The van der Waals surface area contributed by atoms with Crippen LogP contribution in [0.5, 0.6) is 0 Å². The second-order valence-corrected chi connectivity index (χ2v) is 6.54. The SMILES string of the molecule is CC(N)c1csc(-c2cn(C)nc2C(C)(C)C)n1. The molecule has 4 nitrogen and oxygen atoms in total. The third-order valence-corrected chi connectivity index (χ3v) is 3.65. The zero-order valence-corrected chi connectivity index (χ0v) is 12.4. The summed E-state index contributed by atoms with van der Waals surface area (Å²) in [6.07, 6.45) is 2.03. The van der Waals surface area contributed by atoms with Crippen LogP contribution in [0.3, 0.4) is 0 Å². The number of hydrogen-bond acceptors (Lipinski definition) is 4. The van der Waals surface area contributed by atoms with Gasteiger partial charge in [0.2, 0.25) is 0 Å². The maximum absolute atomic E-state index is 5.86. The first-order valence-electron chi connectivity index (χ1n) is 6.04. The molecule has 2 rings (SSSR count). The van der Waals surface area contributed by atoms with Crippen molar-refractivity contribution in [2.75, 3.05) is 0 Å². The van der Waals surface area contributed by atoms with E-state index in [9.17, 15) is 0 Å². The highest BCUT2D eigenvalue weighted by molar-refractivity contribution is 7.13. The Morgan fingerprint density at radius 2 is 2.06 bits per heavy atom. The number of nitrogens with two attached hydrogens (primary N) is 1. The minimum Gasteiger partial charge on any atom is -0.323 e. The van der Waals surface area contributed by atoms with E-state index >= 15 is 0 Å². The van der Waals surface area contributed by atoms with Crippen molar-refractivity contribution >= 4 is 11.3 Å². The van der Waals surface area contributed by atoms with Crippen LogP contribution in [0.2, 0.25) is 0 Å². The molecular weight excluding hydrogens is 244 g/mol. The fraction of sp³-hybridized carbons (Fsp3) is 0.538. The van der Waals surface area contributed by atoms with Crippen LogP contribution in [0.4, 0.5) is 0 Å². The maximum atomic E-state index is 5.86. The van der Waals surface area contributed by atoms with Gasteiger partial charge in [-0.25, -0.2) is 4.98 Å². The molecule has 2 N–H and O–H groups in total. The summed E-state index contributed by atoms with van der Waals surface area (Å²) in [7, 11) is 1.94. The van der Waals surface area contributed by atoms with Gasteiger partial charge in [0.25, 0.3) is 0 Å². The Labute approximate surface area is 112 Å². The Morgan fingerprint density at radius 1 is 1.39 bits per heavy atom. The van der Waals surface area contributed by atoms with Gasteiger partial charge >= 0.3 is 0 Å². The lowest BCUT2D eigenvalue weighted by Crippen LogP contribution is -2.13. The number of hydrogen-bond donors (Lipinski definition) is 1. The lowest BCUT2D eigenvalue weighted by molar-refractivity contribution is 0.554. The molecular formula is C13H20N4S. The molecule has 0 spiro atoms. The van der Waals surface area contributed by atoms with E-state index in [0.29, 0.717) is 0 Å². The first kappa shape index (κ1) is 13.2. The lowest BCUT2D eigenvalue weighted by Gasteiger charge is -2.16. The Kier molecular flexibility index (Phi) is 3.29. The quantitative estimate of drug-likeness (QED) is 0.907. The smallest absolute Gasteiger partial charge is 0.127 e. The summed E-state index contributed by atoms with van der Waals surface area (Å²) in [6.45, 7) is 8.45. The summed E-state index contributed by atoms with van der Waals surface area (Å²) >= 11 is 1.63. The largest absolute Gasteiger partial charge is 0.323 e. The van der Waals surface area contributed by atoms with E-state index < -0.39 is 0 Å². The fourth-order valence-electron chi connectivity index (χ4n) is 1.82. The normalized spacial score (nSPS) is 13.9. The third kappa shape index (κ3) is 2.47. The topological polar surface area (TPSA) is 56.7 Å². The van der Waals surface area contributed by atoms with Crippen LogP contribution < -0.4 is 5.73 Å². The van der Waals surface area contributed by atoms with Crippen LogP contribution in [0.15, 0.2) is 11.6 Å². The Balaban J connectivity index is 2.50. The van der Waals surface area contributed by atoms with Gasteiger partial charge in [0.15, 0.2) is 0 Å². The summed E-state index contributed by atoms with van der Waals surface area (Å²) in [5.41, 5.74) is 9.00. The van der Waals surface area contributed by atoms with Crippen LogP contribution in [-0.4, -0.2) is 14.8 Å². The summed E-state index contributed by atoms with van der Waals surface area (Å²) in [5.74, 6) is 0. The van der Waals surface area contributed by atoms with Crippen molar-refractivity contribution in [3.8, 4) is 10.6 Å². The minimum absolute atomic E-state index is 0.0107. The van der Waals surface area contributed by atoms with Crippen molar-refractivity contribution in [3.63, 3.8) is 0 Å². The van der Waals surface area contributed by atoms with Gasteiger partial charge in [-0.2, -0.15) is 5.10 Å². The van der Waals surface area contributed by atoms with Gasteiger partial charge in [0.1, 0.15) is 5.01 Å². The molecule has 0 saturated heterocycles. The molecule has 2 aromatic rings. The van der Waals surface area contributed by atoms with Crippen LogP contribution in [-0.2, 0) is 12.5 Å². The van der Waals surface area contributed by atoms with Gasteiger partial charge in [-0.1, -0.05) is 20.8 Å². The van der Waals surface area contributed by atoms with Gasteiger partial charge in [-0.3, -0.25) is 4.68 Å². The molecule has 5 heteroatoms. The van der Waals surface area contributed by atoms with Gasteiger partial charge in [-0.05, 0) is 6.92 Å². The van der Waals surface area contributed by atoms with E-state index in [0.717, 1.165) is 22.0 Å². The number of aromatic nitrogens is 3. The molecule has 0 aliphatic carbocycles. The van der Waals surface area contributed by atoms with Gasteiger partial charge in [-0.15, -0.1) is 11.3 Å². The molecule has 0 amide bonds. The zero-order valence-electron chi connectivity index (χ0n) is 11.6. The molecule has 1 atom stereocenters. The molecule has 0 aliphatic heterocycles. The molecule has 0 saturated carbocycles. The summed E-state index contributed by atoms with van der Waals surface area (Å²) in [4.78, 5) is 4.61. The minimum atomic E-state index is -0.0234. The second-order valence-electron chi connectivity index (χ2n) is 5.68. The van der Waals surface area contributed by atoms with Crippen molar-refractivity contribution in [1.82, 2.24) is 14.8 Å². The number of nitrogens with zero attached hydrogens (tertiary/aromatic N) is 3. The molecule has 0 aromatic carbocycles. The van der Waals surface area contributed by atoms with Crippen molar-refractivity contribution in [3.05, 3.63) is 23.0 Å². The summed E-state index contributed by atoms with van der Waals surface area (Å²) < 4.78 is 1.85. The van der Waals surface area contributed by atoms with Crippen LogP contribution in [0.1, 0.15) is 45.1 Å². The Bertz CT molecular complexity index is 546. The number of rotatable bonds is 2. The van der Waals surface area contributed by atoms with Gasteiger partial charge < -0.3 is 5.73 Å². The molecule has 2 heterocycles. The van der Waals surface area contributed by atoms with Gasteiger partial charge in [0, 0.05) is 30.1 Å². The predicted octanol–water partition coefficient (Wildman–Crippen LogP) is 2.86. The van der Waals surface area contributed by atoms with E-state index in [4.69, 9.17) is 5.73 Å². The highest BCUT2D eigenvalue weighted by Crippen LogP contribution is 2.34. The predicted molar refractivity (Wildman–Crippen MR) is 75.6 cm³/mol. The van der Waals surface area contributed by atoms with E-state index in [1.807, 2.05) is 30.2 Å². The lowest BCUT2D eigenvalue weighted by atomic mass is 9.90. The average molecular weight is 264 g/mol. The molecule has 98 valence electrons. The first-order valence-corrected chi connectivity index (χ1v) is 6.92. The van der Waals surface area contributed by atoms with Crippen molar-refractivity contribution in [2.24, 2.45) is 12.8 Å². The third-order valence-electron chi connectivity index (χ3n) is 2.76. The Morgan fingerprint density at radius 3 is 2.56 bits per heavy atom. The average Bonchev–Trinajstić information content (AvgIpc) is 2.81. The molecule has 1 unspecified atom stereocenters. The van der Waals surface area contributed by atoms with Crippen molar-refractivity contribution in [2.45, 2.75) is 39.2 Å². The van der Waals surface area contributed by atoms with E-state index in [1.165, 1.54) is 0 Å². The van der Waals surface area contributed by atoms with Crippen LogP contribution in [0, 0.1) is 0 Å². The maximum Gasteiger partial charge on any atom is 0.127 e. The number of aryl methyl sites for hydroxylation is 1. The highest BCUT2D eigenvalue weighted by atomic mass is 32.1. The molecule has 0 radical (unpaired) electrons. The summed E-state index contributed by atoms with van der Waals surface area (Å²) in [6, 6.07) is -0.0234. The van der Waals surface area contributed by atoms with Crippen LogP contribution >= 0.6 is 11.3 Å². The van der Waals surface area contributed by atoms with Crippen LogP contribution in [0.25, 0.3) is 10.6 Å². The summed E-state index contributed by atoms with van der Waals surface area (Å²) in [5, 5.41) is 7.59. The molecule has 0 fully saturated rings.